The van der Waals surface area contributed by atoms with Crippen LogP contribution in [0.25, 0.3) is 0 Å². The van der Waals surface area contributed by atoms with Crippen LogP contribution >= 0.6 is 23.4 Å². The Bertz CT molecular complexity index is 941. The molecule has 1 amide bonds. The average molecular weight is 421 g/mol. The lowest BCUT2D eigenvalue weighted by Gasteiger charge is -2.12. The number of methoxy groups -OCH3 is 1. The van der Waals surface area contributed by atoms with Crippen molar-refractivity contribution in [2.75, 3.05) is 18.2 Å². The number of ether oxygens (including phenoxy) is 1. The average Bonchev–Trinajstić information content (AvgIpc) is 3.30. The first-order valence-corrected chi connectivity index (χ1v) is 10.1. The van der Waals surface area contributed by atoms with Crippen LogP contribution < -0.4 is 10.1 Å². The summed E-state index contributed by atoms with van der Waals surface area (Å²) in [5.41, 5.74) is 0.528. The van der Waals surface area contributed by atoms with Crippen molar-refractivity contribution in [2.24, 2.45) is 0 Å². The number of rotatable bonds is 8. The fraction of sp³-hybridized carbons (Fsp3) is 0.316. The molecule has 0 saturated heterocycles. The zero-order valence-corrected chi connectivity index (χ0v) is 17.4. The van der Waals surface area contributed by atoms with Gasteiger partial charge in [-0.1, -0.05) is 37.2 Å². The van der Waals surface area contributed by atoms with E-state index in [1.165, 1.54) is 18.9 Å². The number of nitrogens with one attached hydrogen (secondary N) is 1. The topological polar surface area (TPSA) is 82.2 Å². The van der Waals surface area contributed by atoms with Crippen LogP contribution in [0.1, 0.15) is 31.4 Å². The lowest BCUT2D eigenvalue weighted by atomic mass is 10.2. The molecule has 0 aliphatic rings. The van der Waals surface area contributed by atoms with Crippen molar-refractivity contribution in [3.63, 3.8) is 0 Å². The van der Waals surface area contributed by atoms with Gasteiger partial charge >= 0.3 is 0 Å². The van der Waals surface area contributed by atoms with Gasteiger partial charge in [-0.3, -0.25) is 9.36 Å². The zero-order valence-electron chi connectivity index (χ0n) is 15.8. The summed E-state index contributed by atoms with van der Waals surface area (Å²) < 4.78 is 12.7. The molecular weight excluding hydrogens is 400 g/mol. The van der Waals surface area contributed by atoms with Gasteiger partial charge in [-0.2, -0.15) is 0 Å². The summed E-state index contributed by atoms with van der Waals surface area (Å²) in [4.78, 5) is 12.4. The van der Waals surface area contributed by atoms with E-state index in [2.05, 4.69) is 29.4 Å². The molecule has 148 valence electrons. The minimum atomic E-state index is -0.191. The highest BCUT2D eigenvalue weighted by Gasteiger charge is 2.18. The molecule has 2 heterocycles. The first kappa shape index (κ1) is 20.3. The number of hydrogen-bond donors (Lipinski definition) is 1. The number of furan rings is 1. The Morgan fingerprint density at radius 3 is 2.86 bits per heavy atom. The monoisotopic (exact) mass is 420 g/mol. The molecule has 0 aliphatic heterocycles. The summed E-state index contributed by atoms with van der Waals surface area (Å²) in [5, 5.41) is 12.5. The standard InChI is InChI=1S/C19H21ClN4O3S/c1-12(2)18-22-23-19(24(18)10-14-5-4-8-27-14)28-11-17(25)21-15-9-13(20)6-7-16(15)26-3/h4-9,12H,10-11H2,1-3H3,(H,21,25). The van der Waals surface area contributed by atoms with Gasteiger partial charge in [0.05, 0.1) is 31.4 Å². The van der Waals surface area contributed by atoms with Crippen LogP contribution in [0.4, 0.5) is 5.69 Å². The van der Waals surface area contributed by atoms with E-state index >= 15 is 0 Å². The van der Waals surface area contributed by atoms with E-state index in [0.717, 1.165) is 11.6 Å². The molecule has 0 spiro atoms. The molecule has 0 atom stereocenters. The molecule has 2 aromatic heterocycles. The number of halogens is 1. The van der Waals surface area contributed by atoms with Gasteiger partial charge in [0.1, 0.15) is 17.3 Å². The Labute approximate surface area is 172 Å². The summed E-state index contributed by atoms with van der Waals surface area (Å²) in [5.74, 6) is 2.37. The van der Waals surface area contributed by atoms with Gasteiger partial charge in [0.2, 0.25) is 5.91 Å². The minimum Gasteiger partial charge on any atom is -0.495 e. The fourth-order valence-corrected chi connectivity index (χ4v) is 3.55. The Hall–Kier alpha value is -2.45. The predicted octanol–water partition coefficient (Wildman–Crippen LogP) is 4.44. The van der Waals surface area contributed by atoms with Crippen molar-refractivity contribution in [1.82, 2.24) is 14.8 Å². The second kappa shape index (κ2) is 9.16. The van der Waals surface area contributed by atoms with Crippen molar-refractivity contribution in [1.29, 1.82) is 0 Å². The van der Waals surface area contributed by atoms with Crippen LogP contribution in [0.2, 0.25) is 5.02 Å². The van der Waals surface area contributed by atoms with Crippen molar-refractivity contribution in [2.45, 2.75) is 31.5 Å². The number of hydrogen-bond acceptors (Lipinski definition) is 6. The highest BCUT2D eigenvalue weighted by Crippen LogP contribution is 2.28. The Morgan fingerprint density at radius 1 is 1.36 bits per heavy atom. The van der Waals surface area contributed by atoms with Crippen LogP contribution in [0.3, 0.4) is 0 Å². The molecule has 7 nitrogen and oxygen atoms in total. The van der Waals surface area contributed by atoms with E-state index in [1.807, 2.05) is 16.7 Å². The van der Waals surface area contributed by atoms with Crippen LogP contribution in [0.5, 0.6) is 5.75 Å². The molecule has 0 aliphatic carbocycles. The number of amides is 1. The smallest absolute Gasteiger partial charge is 0.234 e. The molecule has 0 radical (unpaired) electrons. The number of benzene rings is 1. The van der Waals surface area contributed by atoms with Crippen LogP contribution in [-0.2, 0) is 11.3 Å². The normalized spacial score (nSPS) is 11.0. The van der Waals surface area contributed by atoms with Gasteiger partial charge in [0.15, 0.2) is 5.16 Å². The number of carbonyl (C=O) groups is 1. The second-order valence-corrected chi connectivity index (χ2v) is 7.72. The first-order valence-electron chi connectivity index (χ1n) is 8.69. The van der Waals surface area contributed by atoms with E-state index in [4.69, 9.17) is 20.8 Å². The van der Waals surface area contributed by atoms with E-state index in [9.17, 15) is 4.79 Å². The second-order valence-electron chi connectivity index (χ2n) is 6.34. The number of carbonyl (C=O) groups excluding carboxylic acids is 1. The molecule has 0 fully saturated rings. The van der Waals surface area contributed by atoms with Gasteiger partial charge in [-0.25, -0.2) is 0 Å². The minimum absolute atomic E-state index is 0.171. The molecule has 3 rings (SSSR count). The SMILES string of the molecule is COc1ccc(Cl)cc1NC(=O)CSc1nnc(C(C)C)n1Cc1ccco1. The largest absolute Gasteiger partial charge is 0.495 e. The molecule has 0 unspecified atom stereocenters. The molecule has 28 heavy (non-hydrogen) atoms. The van der Waals surface area contributed by atoms with E-state index in [-0.39, 0.29) is 17.6 Å². The van der Waals surface area contributed by atoms with Crippen LogP contribution in [0.15, 0.2) is 46.2 Å². The van der Waals surface area contributed by atoms with Crippen LogP contribution in [-0.4, -0.2) is 33.5 Å². The van der Waals surface area contributed by atoms with Crippen molar-refractivity contribution >= 4 is 35.0 Å². The molecular formula is C19H21ClN4O3S. The molecule has 3 aromatic rings. The lowest BCUT2D eigenvalue weighted by Crippen LogP contribution is -2.15. The summed E-state index contributed by atoms with van der Waals surface area (Å²) in [6.45, 7) is 4.62. The molecule has 1 aromatic carbocycles. The van der Waals surface area contributed by atoms with Crippen molar-refractivity contribution < 1.29 is 13.9 Å². The Balaban J connectivity index is 1.70. The van der Waals surface area contributed by atoms with E-state index in [1.54, 1.807) is 24.5 Å². The highest BCUT2D eigenvalue weighted by atomic mass is 35.5. The van der Waals surface area contributed by atoms with Gasteiger partial charge in [0.25, 0.3) is 0 Å². The molecule has 0 saturated carbocycles. The summed E-state index contributed by atoms with van der Waals surface area (Å²) >= 11 is 7.32. The third-order valence-corrected chi connectivity index (χ3v) is 5.13. The van der Waals surface area contributed by atoms with E-state index < -0.39 is 0 Å². The van der Waals surface area contributed by atoms with Crippen LogP contribution in [0, 0.1) is 0 Å². The van der Waals surface area contributed by atoms with Gasteiger partial charge in [-0.05, 0) is 30.3 Å². The number of thioether (sulfide) groups is 1. The maximum Gasteiger partial charge on any atom is 0.234 e. The Kier molecular flexibility index (Phi) is 6.64. The fourth-order valence-electron chi connectivity index (χ4n) is 2.64. The third kappa shape index (κ3) is 4.88. The number of nitrogens with zero attached hydrogens (tertiary/aromatic N) is 3. The predicted molar refractivity (Wildman–Crippen MR) is 109 cm³/mol. The van der Waals surface area contributed by atoms with Crippen molar-refractivity contribution in [3.05, 3.63) is 53.2 Å². The lowest BCUT2D eigenvalue weighted by molar-refractivity contribution is -0.113. The summed E-state index contributed by atoms with van der Waals surface area (Å²) in [6.07, 6.45) is 1.63. The maximum atomic E-state index is 12.4. The maximum absolute atomic E-state index is 12.4. The summed E-state index contributed by atoms with van der Waals surface area (Å²) in [7, 11) is 1.54. The first-order chi connectivity index (χ1) is 13.5. The molecule has 9 heteroatoms. The van der Waals surface area contributed by atoms with Gasteiger partial charge in [-0.15, -0.1) is 10.2 Å². The molecule has 1 N–H and O–H groups in total. The number of anilines is 1. The third-order valence-electron chi connectivity index (χ3n) is 3.92. The van der Waals surface area contributed by atoms with Crippen molar-refractivity contribution in [3.8, 4) is 5.75 Å². The number of aromatic nitrogens is 3. The zero-order chi connectivity index (χ0) is 20.1. The molecule has 0 bridgehead atoms. The quantitative estimate of drug-likeness (QED) is 0.542. The Morgan fingerprint density at radius 2 is 2.18 bits per heavy atom. The van der Waals surface area contributed by atoms with Gasteiger partial charge in [0, 0.05) is 10.9 Å². The highest BCUT2D eigenvalue weighted by molar-refractivity contribution is 7.99. The summed E-state index contributed by atoms with van der Waals surface area (Å²) in [6, 6.07) is 8.80. The van der Waals surface area contributed by atoms with Gasteiger partial charge < -0.3 is 14.5 Å². The van der Waals surface area contributed by atoms with E-state index in [0.29, 0.717) is 28.2 Å².